The fourth-order valence-electron chi connectivity index (χ4n) is 2.89. The highest BCUT2D eigenvalue weighted by Gasteiger charge is 2.25. The van der Waals surface area contributed by atoms with Crippen LogP contribution in [0.25, 0.3) is 0 Å². The summed E-state index contributed by atoms with van der Waals surface area (Å²) in [7, 11) is 0. The maximum absolute atomic E-state index is 13.7. The molecule has 1 saturated heterocycles. The minimum absolute atomic E-state index is 0.0766. The van der Waals surface area contributed by atoms with Crippen LogP contribution in [0.5, 0.6) is 5.75 Å². The summed E-state index contributed by atoms with van der Waals surface area (Å²) < 4.78 is 37.2. The van der Waals surface area contributed by atoms with Crippen molar-refractivity contribution in [3.05, 3.63) is 46.9 Å². The van der Waals surface area contributed by atoms with E-state index in [9.17, 15) is 13.6 Å². The van der Waals surface area contributed by atoms with Crippen LogP contribution in [0.2, 0.25) is 0 Å². The molecule has 0 bridgehead atoms. The molecule has 1 amide bonds. The first kappa shape index (κ1) is 17.4. The molecule has 2 heterocycles. The molecule has 0 aliphatic carbocycles. The second-order valence-corrected chi connectivity index (χ2v) is 6.14. The molecule has 5 nitrogen and oxygen atoms in total. The van der Waals surface area contributed by atoms with E-state index in [1.165, 1.54) is 6.07 Å². The van der Waals surface area contributed by atoms with Crippen molar-refractivity contribution in [2.75, 3.05) is 13.1 Å². The molecule has 7 heteroatoms. The Bertz CT molecular complexity index is 753. The lowest BCUT2D eigenvalue weighted by Gasteiger charge is -2.19. The molecular formula is C18H20F2N2O3. The molecule has 134 valence electrons. The molecule has 2 aromatic rings. The number of aromatic nitrogens is 1. The van der Waals surface area contributed by atoms with Crippen LogP contribution in [0.4, 0.5) is 8.78 Å². The molecule has 0 unspecified atom stereocenters. The Morgan fingerprint density at radius 1 is 1.24 bits per heavy atom. The molecule has 1 aromatic heterocycles. The lowest BCUT2D eigenvalue weighted by atomic mass is 10.2. The average Bonchev–Trinajstić information content (AvgIpc) is 2.79. The standard InChI is InChI=1S/C18H20F2N2O3/c1-12-14(11-24-16-7-6-13(19)10-15(16)20)17(21-25-12)18(23)22-8-4-2-3-5-9-22/h6-7,10H,2-5,8-9,11H2,1H3. The fraction of sp³-hybridized carbons (Fsp3) is 0.444. The SMILES string of the molecule is Cc1onc(C(=O)N2CCCCCC2)c1COc1ccc(F)cc1F. The van der Waals surface area contributed by atoms with Crippen LogP contribution >= 0.6 is 0 Å². The highest BCUT2D eigenvalue weighted by atomic mass is 19.1. The second kappa shape index (κ2) is 7.63. The average molecular weight is 350 g/mol. The molecule has 1 aromatic carbocycles. The minimum Gasteiger partial charge on any atom is -0.486 e. The van der Waals surface area contributed by atoms with Crippen molar-refractivity contribution >= 4 is 5.91 Å². The molecule has 25 heavy (non-hydrogen) atoms. The van der Waals surface area contributed by atoms with Gasteiger partial charge < -0.3 is 14.2 Å². The van der Waals surface area contributed by atoms with Crippen LogP contribution in [0, 0.1) is 18.6 Å². The number of likely N-dealkylation sites (tertiary alicyclic amines) is 1. The second-order valence-electron chi connectivity index (χ2n) is 6.14. The van der Waals surface area contributed by atoms with Gasteiger partial charge in [0.1, 0.15) is 18.2 Å². The summed E-state index contributed by atoms with van der Waals surface area (Å²) in [6, 6.07) is 3.07. The van der Waals surface area contributed by atoms with Crippen molar-refractivity contribution < 1.29 is 22.8 Å². The summed E-state index contributed by atoms with van der Waals surface area (Å²) in [6.45, 7) is 2.98. The number of hydrogen-bond donors (Lipinski definition) is 0. The number of carbonyl (C=O) groups is 1. The number of aryl methyl sites for hydroxylation is 1. The van der Waals surface area contributed by atoms with Crippen LogP contribution in [-0.4, -0.2) is 29.1 Å². The van der Waals surface area contributed by atoms with Crippen molar-refractivity contribution in [1.29, 1.82) is 0 Å². The summed E-state index contributed by atoms with van der Waals surface area (Å²) in [5, 5.41) is 3.87. The van der Waals surface area contributed by atoms with Gasteiger partial charge in [0.25, 0.3) is 5.91 Å². The first-order chi connectivity index (χ1) is 12.1. The van der Waals surface area contributed by atoms with Crippen LogP contribution in [0.1, 0.15) is 47.5 Å². The molecular weight excluding hydrogens is 330 g/mol. The Morgan fingerprint density at radius 3 is 2.64 bits per heavy atom. The molecule has 0 radical (unpaired) electrons. The predicted molar refractivity (Wildman–Crippen MR) is 86.3 cm³/mol. The van der Waals surface area contributed by atoms with E-state index in [0.717, 1.165) is 37.8 Å². The third-order valence-corrected chi connectivity index (χ3v) is 4.35. The molecule has 0 spiro atoms. The first-order valence-electron chi connectivity index (χ1n) is 8.38. The molecule has 1 fully saturated rings. The number of rotatable bonds is 4. The van der Waals surface area contributed by atoms with E-state index in [0.29, 0.717) is 24.4 Å². The summed E-state index contributed by atoms with van der Waals surface area (Å²) in [5.41, 5.74) is 0.680. The highest BCUT2D eigenvalue weighted by Crippen LogP contribution is 2.23. The van der Waals surface area contributed by atoms with Gasteiger partial charge in [-0.15, -0.1) is 0 Å². The van der Waals surface area contributed by atoms with Gasteiger partial charge in [0.15, 0.2) is 17.3 Å². The van der Waals surface area contributed by atoms with Crippen LogP contribution in [-0.2, 0) is 6.61 Å². The Labute approximate surface area is 144 Å². The van der Waals surface area contributed by atoms with Gasteiger partial charge >= 0.3 is 0 Å². The van der Waals surface area contributed by atoms with E-state index in [-0.39, 0.29) is 24.0 Å². The monoisotopic (exact) mass is 350 g/mol. The zero-order valence-electron chi connectivity index (χ0n) is 14.1. The van der Waals surface area contributed by atoms with Crippen molar-refractivity contribution in [3.63, 3.8) is 0 Å². The number of halogens is 2. The van der Waals surface area contributed by atoms with Gasteiger partial charge in [-0.25, -0.2) is 8.78 Å². The summed E-state index contributed by atoms with van der Waals surface area (Å²) in [6.07, 6.45) is 4.16. The number of nitrogens with zero attached hydrogens (tertiary/aromatic N) is 2. The van der Waals surface area contributed by atoms with Crippen molar-refractivity contribution in [3.8, 4) is 5.75 Å². The number of hydrogen-bond acceptors (Lipinski definition) is 4. The Hall–Kier alpha value is -2.44. The van der Waals surface area contributed by atoms with Gasteiger partial charge in [-0.3, -0.25) is 4.79 Å². The zero-order valence-corrected chi connectivity index (χ0v) is 14.1. The maximum Gasteiger partial charge on any atom is 0.276 e. The maximum atomic E-state index is 13.7. The third-order valence-electron chi connectivity index (χ3n) is 4.35. The van der Waals surface area contributed by atoms with E-state index < -0.39 is 11.6 Å². The van der Waals surface area contributed by atoms with Gasteiger partial charge in [0.05, 0.1) is 5.56 Å². The summed E-state index contributed by atoms with van der Waals surface area (Å²) >= 11 is 0. The van der Waals surface area contributed by atoms with Crippen LogP contribution in [0.3, 0.4) is 0 Å². The van der Waals surface area contributed by atoms with E-state index in [4.69, 9.17) is 9.26 Å². The minimum atomic E-state index is -0.797. The number of benzene rings is 1. The van der Waals surface area contributed by atoms with Gasteiger partial charge in [-0.1, -0.05) is 18.0 Å². The normalized spacial score (nSPS) is 15.1. The third kappa shape index (κ3) is 3.97. The Balaban J connectivity index is 1.75. The fourth-order valence-corrected chi connectivity index (χ4v) is 2.89. The molecule has 1 aliphatic heterocycles. The number of amides is 1. The number of ether oxygens (including phenoxy) is 1. The van der Waals surface area contributed by atoms with Gasteiger partial charge in [-0.2, -0.15) is 0 Å². The first-order valence-corrected chi connectivity index (χ1v) is 8.38. The van der Waals surface area contributed by atoms with Crippen molar-refractivity contribution in [2.45, 2.75) is 39.2 Å². The Morgan fingerprint density at radius 2 is 1.96 bits per heavy atom. The topological polar surface area (TPSA) is 55.6 Å². The largest absolute Gasteiger partial charge is 0.486 e. The van der Waals surface area contributed by atoms with Crippen molar-refractivity contribution in [2.24, 2.45) is 0 Å². The summed E-state index contributed by atoms with van der Waals surface area (Å²) in [4.78, 5) is 14.5. The van der Waals surface area contributed by atoms with E-state index in [1.54, 1.807) is 11.8 Å². The Kier molecular flexibility index (Phi) is 5.31. The van der Waals surface area contributed by atoms with E-state index in [2.05, 4.69) is 5.16 Å². The van der Waals surface area contributed by atoms with Crippen LogP contribution < -0.4 is 4.74 Å². The van der Waals surface area contributed by atoms with Gasteiger partial charge in [-0.05, 0) is 31.9 Å². The van der Waals surface area contributed by atoms with Gasteiger partial charge in [0.2, 0.25) is 0 Å². The van der Waals surface area contributed by atoms with E-state index in [1.807, 2.05) is 0 Å². The molecule has 0 N–H and O–H groups in total. The predicted octanol–water partition coefficient (Wildman–Crippen LogP) is 3.86. The van der Waals surface area contributed by atoms with Gasteiger partial charge in [0, 0.05) is 19.2 Å². The number of carbonyl (C=O) groups excluding carboxylic acids is 1. The molecule has 0 atom stereocenters. The lowest BCUT2D eigenvalue weighted by Crippen LogP contribution is -2.32. The van der Waals surface area contributed by atoms with Crippen LogP contribution in [0.15, 0.2) is 22.7 Å². The molecule has 1 aliphatic rings. The van der Waals surface area contributed by atoms with Crippen molar-refractivity contribution in [1.82, 2.24) is 10.1 Å². The molecule has 0 saturated carbocycles. The smallest absolute Gasteiger partial charge is 0.276 e. The van der Waals surface area contributed by atoms with E-state index >= 15 is 0 Å². The summed E-state index contributed by atoms with van der Waals surface area (Å²) in [5.74, 6) is -1.31. The highest BCUT2D eigenvalue weighted by molar-refractivity contribution is 5.93. The zero-order chi connectivity index (χ0) is 17.8. The quantitative estimate of drug-likeness (QED) is 0.840. The lowest BCUT2D eigenvalue weighted by molar-refractivity contribution is 0.0748. The molecule has 3 rings (SSSR count).